The summed E-state index contributed by atoms with van der Waals surface area (Å²) in [5.41, 5.74) is 2.52. The van der Waals surface area contributed by atoms with Gasteiger partial charge < -0.3 is 0 Å². The van der Waals surface area contributed by atoms with Gasteiger partial charge in [0, 0.05) is 12.1 Å². The van der Waals surface area contributed by atoms with Crippen LogP contribution in [0.4, 0.5) is 0 Å². The molecular weight excluding hydrogens is 300 g/mol. The average molecular weight is 322 g/mol. The second-order valence-electron chi connectivity index (χ2n) is 6.92. The number of benzene rings is 2. The van der Waals surface area contributed by atoms with Gasteiger partial charge in [-0.25, -0.2) is 0 Å². The fourth-order valence-corrected chi connectivity index (χ4v) is 3.95. The van der Waals surface area contributed by atoms with Gasteiger partial charge in [0.05, 0.1) is 0 Å². The summed E-state index contributed by atoms with van der Waals surface area (Å²) < 4.78 is 0. The molecule has 1 saturated carbocycles. The molecule has 124 valence electrons. The van der Waals surface area contributed by atoms with Crippen LogP contribution in [-0.4, -0.2) is 22.2 Å². The summed E-state index contributed by atoms with van der Waals surface area (Å²) in [4.78, 5) is 11.7. The van der Waals surface area contributed by atoms with Gasteiger partial charge in [0.1, 0.15) is 0 Å². The van der Waals surface area contributed by atoms with Gasteiger partial charge in [-0.15, -0.1) is 10.1 Å². The van der Waals surface area contributed by atoms with Crippen molar-refractivity contribution >= 4 is 0 Å². The maximum atomic E-state index is 5.83. The van der Waals surface area contributed by atoms with Gasteiger partial charge >= 0.3 is 0 Å². The smallest absolute Gasteiger partial charge is 0.180 e. The fraction of sp³-hybridized carbons (Fsp3) is 0.400. The summed E-state index contributed by atoms with van der Waals surface area (Å²) in [7, 11) is 0. The highest BCUT2D eigenvalue weighted by atomic mass is 16.8. The lowest BCUT2D eigenvalue weighted by atomic mass is 9.91. The van der Waals surface area contributed by atoms with Crippen molar-refractivity contribution in [1.29, 1.82) is 0 Å². The molecule has 3 fully saturated rings. The van der Waals surface area contributed by atoms with Crippen molar-refractivity contribution in [2.24, 2.45) is 0 Å². The van der Waals surface area contributed by atoms with E-state index < -0.39 is 0 Å². The van der Waals surface area contributed by atoms with E-state index in [9.17, 15) is 0 Å². The molecular formula is C20H22N2O2. The Labute approximate surface area is 142 Å². The quantitative estimate of drug-likeness (QED) is 0.790. The highest BCUT2D eigenvalue weighted by molar-refractivity contribution is 5.20. The Hall–Kier alpha value is -1.72. The van der Waals surface area contributed by atoms with Gasteiger partial charge in [-0.2, -0.15) is 0 Å². The standard InChI is InChI=1S/C20H22N2O2/c1-3-7-15(8-4-1)19-21(23-19)17-11-13-18(14-12-17)22-20(24-22)16-9-5-2-6-10-16/h1-10,17-20H,11-14H2. The molecule has 1 aliphatic carbocycles. The Morgan fingerprint density at radius 1 is 0.583 bits per heavy atom. The first kappa shape index (κ1) is 14.6. The lowest BCUT2D eigenvalue weighted by molar-refractivity contribution is 0.0687. The zero-order valence-corrected chi connectivity index (χ0v) is 13.6. The van der Waals surface area contributed by atoms with Crippen molar-refractivity contribution in [1.82, 2.24) is 10.1 Å². The summed E-state index contributed by atoms with van der Waals surface area (Å²) in [6, 6.07) is 22.1. The Morgan fingerprint density at radius 3 is 1.33 bits per heavy atom. The minimum absolute atomic E-state index is 0.169. The molecule has 4 unspecified atom stereocenters. The number of hydroxylamine groups is 4. The maximum absolute atomic E-state index is 5.83. The summed E-state index contributed by atoms with van der Waals surface area (Å²) in [5, 5.41) is 4.37. The van der Waals surface area contributed by atoms with Crippen molar-refractivity contribution in [2.45, 2.75) is 50.2 Å². The molecule has 0 spiro atoms. The highest BCUT2D eigenvalue weighted by Crippen LogP contribution is 2.46. The number of hydrogen-bond donors (Lipinski definition) is 0. The summed E-state index contributed by atoms with van der Waals surface area (Å²) in [6.07, 6.45) is 5.04. The third-order valence-electron chi connectivity index (χ3n) is 5.37. The van der Waals surface area contributed by atoms with Crippen LogP contribution in [0.1, 0.15) is 49.3 Å². The summed E-state index contributed by atoms with van der Waals surface area (Å²) in [5.74, 6) is 0. The molecule has 2 aromatic rings. The first-order chi connectivity index (χ1) is 11.9. The summed E-state index contributed by atoms with van der Waals surface area (Å²) in [6.45, 7) is 0. The molecule has 2 aliphatic heterocycles. The highest BCUT2D eigenvalue weighted by Gasteiger charge is 2.48. The molecule has 5 rings (SSSR count). The zero-order chi connectivity index (χ0) is 15.9. The SMILES string of the molecule is c1ccc(C2ON2C2CCC(N3OC3c3ccccc3)CC2)cc1. The van der Waals surface area contributed by atoms with E-state index in [1.165, 1.54) is 36.8 Å². The third kappa shape index (κ3) is 2.76. The molecule has 4 heteroatoms. The Bertz CT molecular complexity index is 624. The second kappa shape index (κ2) is 5.97. The van der Waals surface area contributed by atoms with E-state index in [2.05, 4.69) is 70.8 Å². The van der Waals surface area contributed by atoms with Crippen LogP contribution in [0.3, 0.4) is 0 Å². The van der Waals surface area contributed by atoms with Crippen molar-refractivity contribution in [3.8, 4) is 0 Å². The van der Waals surface area contributed by atoms with E-state index in [-0.39, 0.29) is 12.5 Å². The van der Waals surface area contributed by atoms with Crippen LogP contribution in [0.15, 0.2) is 60.7 Å². The lowest BCUT2D eigenvalue weighted by Crippen LogP contribution is -2.32. The van der Waals surface area contributed by atoms with Gasteiger partial charge in [-0.1, -0.05) is 60.7 Å². The van der Waals surface area contributed by atoms with E-state index in [0.717, 1.165) is 0 Å². The predicted molar refractivity (Wildman–Crippen MR) is 90.3 cm³/mol. The van der Waals surface area contributed by atoms with E-state index in [4.69, 9.17) is 9.68 Å². The molecule has 2 saturated heterocycles. The van der Waals surface area contributed by atoms with Gasteiger partial charge in [0.25, 0.3) is 0 Å². The topological polar surface area (TPSA) is 31.1 Å². The minimum atomic E-state index is 0.169. The molecule has 2 aromatic carbocycles. The maximum Gasteiger partial charge on any atom is 0.180 e. The third-order valence-corrected chi connectivity index (χ3v) is 5.37. The largest absolute Gasteiger partial charge is 0.270 e. The van der Waals surface area contributed by atoms with E-state index in [0.29, 0.717) is 12.1 Å². The molecule has 3 aliphatic rings. The molecule has 24 heavy (non-hydrogen) atoms. The number of hydrogen-bond acceptors (Lipinski definition) is 4. The fourth-order valence-electron chi connectivity index (χ4n) is 3.95. The van der Waals surface area contributed by atoms with E-state index in [1.807, 2.05) is 0 Å². The lowest BCUT2D eigenvalue weighted by Gasteiger charge is -2.27. The van der Waals surface area contributed by atoms with E-state index >= 15 is 0 Å². The van der Waals surface area contributed by atoms with Crippen molar-refractivity contribution in [3.05, 3.63) is 71.8 Å². The van der Waals surface area contributed by atoms with Crippen LogP contribution in [0.25, 0.3) is 0 Å². The van der Waals surface area contributed by atoms with E-state index in [1.54, 1.807) is 0 Å². The first-order valence-corrected chi connectivity index (χ1v) is 8.90. The predicted octanol–water partition coefficient (Wildman–Crippen LogP) is 4.19. The molecule has 4 nitrogen and oxygen atoms in total. The molecule has 0 radical (unpaired) electrons. The van der Waals surface area contributed by atoms with Crippen LogP contribution in [-0.2, 0) is 9.68 Å². The van der Waals surface area contributed by atoms with Gasteiger partial charge in [0.15, 0.2) is 12.5 Å². The van der Waals surface area contributed by atoms with Crippen molar-refractivity contribution in [3.63, 3.8) is 0 Å². The second-order valence-corrected chi connectivity index (χ2v) is 6.92. The molecule has 2 heterocycles. The summed E-state index contributed by atoms with van der Waals surface area (Å²) >= 11 is 0. The van der Waals surface area contributed by atoms with Crippen LogP contribution in [0.2, 0.25) is 0 Å². The number of nitrogens with zero attached hydrogens (tertiary/aromatic N) is 2. The van der Waals surface area contributed by atoms with Crippen molar-refractivity contribution < 1.29 is 9.68 Å². The Kier molecular flexibility index (Phi) is 3.64. The minimum Gasteiger partial charge on any atom is -0.270 e. The van der Waals surface area contributed by atoms with Crippen LogP contribution < -0.4 is 0 Å². The monoisotopic (exact) mass is 322 g/mol. The molecule has 4 atom stereocenters. The van der Waals surface area contributed by atoms with Gasteiger partial charge in [-0.05, 0) is 36.8 Å². The van der Waals surface area contributed by atoms with Crippen LogP contribution in [0.5, 0.6) is 0 Å². The molecule has 0 amide bonds. The number of rotatable bonds is 4. The molecule has 0 bridgehead atoms. The first-order valence-electron chi connectivity index (χ1n) is 8.90. The van der Waals surface area contributed by atoms with Crippen molar-refractivity contribution in [2.75, 3.05) is 0 Å². The van der Waals surface area contributed by atoms with Crippen LogP contribution >= 0.6 is 0 Å². The van der Waals surface area contributed by atoms with Gasteiger partial charge in [0.2, 0.25) is 0 Å². The van der Waals surface area contributed by atoms with Crippen LogP contribution in [0, 0.1) is 0 Å². The Balaban J connectivity index is 1.14. The normalized spacial score (nSPS) is 37.8. The Morgan fingerprint density at radius 2 is 0.958 bits per heavy atom. The molecule has 0 aromatic heterocycles. The molecule has 0 N–H and O–H groups in total. The zero-order valence-electron chi connectivity index (χ0n) is 13.6. The van der Waals surface area contributed by atoms with Gasteiger partial charge in [-0.3, -0.25) is 9.68 Å². The average Bonchev–Trinajstić information content (AvgIpc) is 3.57.